The smallest absolute Gasteiger partial charge is 0.255 e. The van der Waals surface area contributed by atoms with Crippen molar-refractivity contribution in [2.45, 2.75) is 31.1 Å². The van der Waals surface area contributed by atoms with Crippen molar-refractivity contribution in [3.8, 4) is 11.5 Å². The van der Waals surface area contributed by atoms with Crippen LogP contribution in [0.1, 0.15) is 41.6 Å². The van der Waals surface area contributed by atoms with Crippen LogP contribution < -0.4 is 20.1 Å². The Morgan fingerprint density at radius 2 is 1.70 bits per heavy atom. The largest absolute Gasteiger partial charge is 0.497 e. The molecule has 2 aromatic carbocycles. The molecule has 2 amide bonds. The first-order chi connectivity index (χ1) is 13.1. The van der Waals surface area contributed by atoms with E-state index in [1.165, 1.54) is 0 Å². The van der Waals surface area contributed by atoms with Crippen LogP contribution >= 0.6 is 0 Å². The fraction of sp³-hybridized carbons (Fsp3) is 0.333. The van der Waals surface area contributed by atoms with E-state index in [1.807, 2.05) is 18.2 Å². The maximum Gasteiger partial charge on any atom is 0.255 e. The number of amides is 2. The van der Waals surface area contributed by atoms with E-state index in [-0.39, 0.29) is 11.8 Å². The highest BCUT2D eigenvalue weighted by atomic mass is 16.5. The van der Waals surface area contributed by atoms with E-state index in [1.54, 1.807) is 32.4 Å². The molecule has 1 saturated carbocycles. The number of rotatable bonds is 4. The van der Waals surface area contributed by atoms with Gasteiger partial charge in [-0.15, -0.1) is 0 Å². The maximum atomic E-state index is 12.7. The molecule has 27 heavy (non-hydrogen) atoms. The van der Waals surface area contributed by atoms with Gasteiger partial charge in [-0.05, 0) is 48.7 Å². The third-order valence-corrected chi connectivity index (χ3v) is 5.55. The maximum absolute atomic E-state index is 12.7. The minimum Gasteiger partial charge on any atom is -0.497 e. The van der Waals surface area contributed by atoms with E-state index in [0.29, 0.717) is 22.7 Å². The summed E-state index contributed by atoms with van der Waals surface area (Å²) in [5, 5.41) is 5.91. The van der Waals surface area contributed by atoms with Gasteiger partial charge < -0.3 is 20.1 Å². The molecule has 140 valence electrons. The molecule has 0 radical (unpaired) electrons. The van der Waals surface area contributed by atoms with Gasteiger partial charge in [0, 0.05) is 23.0 Å². The summed E-state index contributed by atoms with van der Waals surface area (Å²) in [5.74, 6) is 0.919. The fourth-order valence-electron chi connectivity index (χ4n) is 4.11. The molecule has 1 fully saturated rings. The zero-order valence-corrected chi connectivity index (χ0v) is 15.4. The van der Waals surface area contributed by atoms with Gasteiger partial charge in [0.05, 0.1) is 19.6 Å². The molecule has 0 aromatic heterocycles. The fourth-order valence-corrected chi connectivity index (χ4v) is 4.11. The third kappa shape index (κ3) is 2.91. The lowest BCUT2D eigenvalue weighted by atomic mass is 9.80. The second kappa shape index (κ2) is 6.61. The molecular weight excluding hydrogens is 344 g/mol. The SMILES string of the molecule is COc1cc(OC)cc(C(=O)Nc2ccc3c(c2)C2(CCCC2)C(=O)N3)c1. The van der Waals surface area contributed by atoms with Crippen molar-refractivity contribution in [2.24, 2.45) is 0 Å². The van der Waals surface area contributed by atoms with Crippen LogP contribution in [0.2, 0.25) is 0 Å². The number of hydrogen-bond acceptors (Lipinski definition) is 4. The Labute approximate surface area is 157 Å². The van der Waals surface area contributed by atoms with Crippen LogP contribution in [0.5, 0.6) is 11.5 Å². The summed E-state index contributed by atoms with van der Waals surface area (Å²) in [6.07, 6.45) is 3.81. The molecule has 1 aliphatic carbocycles. The predicted octanol–water partition coefficient (Wildman–Crippen LogP) is 3.72. The van der Waals surface area contributed by atoms with Crippen LogP contribution in [0.25, 0.3) is 0 Å². The zero-order chi connectivity index (χ0) is 19.0. The first-order valence-electron chi connectivity index (χ1n) is 9.06. The summed E-state index contributed by atoms with van der Waals surface area (Å²) < 4.78 is 10.5. The second-order valence-electron chi connectivity index (χ2n) is 7.06. The molecule has 6 nitrogen and oxygen atoms in total. The van der Waals surface area contributed by atoms with Crippen LogP contribution in [0, 0.1) is 0 Å². The minimum atomic E-state index is -0.435. The van der Waals surface area contributed by atoms with E-state index >= 15 is 0 Å². The van der Waals surface area contributed by atoms with Gasteiger partial charge in [-0.3, -0.25) is 9.59 Å². The average Bonchev–Trinajstić information content (AvgIpc) is 3.28. The molecule has 4 rings (SSSR count). The molecule has 2 N–H and O–H groups in total. The molecule has 0 saturated heterocycles. The van der Waals surface area contributed by atoms with Gasteiger partial charge in [-0.25, -0.2) is 0 Å². The zero-order valence-electron chi connectivity index (χ0n) is 15.4. The molecule has 1 aliphatic heterocycles. The van der Waals surface area contributed by atoms with E-state index in [4.69, 9.17) is 9.47 Å². The summed E-state index contributed by atoms with van der Waals surface area (Å²) in [6, 6.07) is 10.6. The van der Waals surface area contributed by atoms with Crippen LogP contribution in [0.3, 0.4) is 0 Å². The monoisotopic (exact) mass is 366 g/mol. The van der Waals surface area contributed by atoms with E-state index < -0.39 is 5.41 Å². The van der Waals surface area contributed by atoms with E-state index in [2.05, 4.69) is 10.6 Å². The lowest BCUT2D eigenvalue weighted by molar-refractivity contribution is -0.120. The molecule has 0 atom stereocenters. The first kappa shape index (κ1) is 17.4. The predicted molar refractivity (Wildman–Crippen MR) is 103 cm³/mol. The van der Waals surface area contributed by atoms with Gasteiger partial charge in [0.1, 0.15) is 11.5 Å². The molecule has 2 aromatic rings. The van der Waals surface area contributed by atoms with Gasteiger partial charge in [0.2, 0.25) is 5.91 Å². The Balaban J connectivity index is 1.62. The lowest BCUT2D eigenvalue weighted by Crippen LogP contribution is -2.31. The number of anilines is 2. The van der Waals surface area contributed by atoms with Crippen molar-refractivity contribution in [3.63, 3.8) is 0 Å². The Bertz CT molecular complexity index is 894. The summed E-state index contributed by atoms with van der Waals surface area (Å²) in [4.78, 5) is 25.2. The molecule has 0 unspecified atom stereocenters. The number of hydrogen-bond donors (Lipinski definition) is 2. The number of nitrogens with one attached hydrogen (secondary N) is 2. The number of benzene rings is 2. The van der Waals surface area contributed by atoms with Crippen LogP contribution in [0.4, 0.5) is 11.4 Å². The minimum absolute atomic E-state index is 0.0796. The van der Waals surface area contributed by atoms with Gasteiger partial charge in [0.25, 0.3) is 5.91 Å². The van der Waals surface area contributed by atoms with Crippen molar-refractivity contribution in [2.75, 3.05) is 24.9 Å². The van der Waals surface area contributed by atoms with Crippen molar-refractivity contribution < 1.29 is 19.1 Å². The number of carbonyl (C=O) groups excluding carboxylic acids is 2. The Hall–Kier alpha value is -3.02. The molecule has 1 heterocycles. The number of fused-ring (bicyclic) bond motifs is 2. The van der Waals surface area contributed by atoms with Gasteiger partial charge >= 0.3 is 0 Å². The highest BCUT2D eigenvalue weighted by Crippen LogP contribution is 2.49. The third-order valence-electron chi connectivity index (χ3n) is 5.55. The number of methoxy groups -OCH3 is 2. The Morgan fingerprint density at radius 1 is 1.04 bits per heavy atom. The topological polar surface area (TPSA) is 76.7 Å². The van der Waals surface area contributed by atoms with E-state index in [9.17, 15) is 9.59 Å². The van der Waals surface area contributed by atoms with Crippen molar-refractivity contribution in [1.82, 2.24) is 0 Å². The molecule has 2 aliphatic rings. The summed E-state index contributed by atoms with van der Waals surface area (Å²) >= 11 is 0. The summed E-state index contributed by atoms with van der Waals surface area (Å²) in [5.41, 5.74) is 2.52. The van der Waals surface area contributed by atoms with Crippen molar-refractivity contribution in [3.05, 3.63) is 47.5 Å². The molecule has 0 bridgehead atoms. The average molecular weight is 366 g/mol. The number of carbonyl (C=O) groups is 2. The van der Waals surface area contributed by atoms with Crippen LogP contribution in [-0.2, 0) is 10.2 Å². The first-order valence-corrected chi connectivity index (χ1v) is 9.06. The van der Waals surface area contributed by atoms with Gasteiger partial charge in [-0.2, -0.15) is 0 Å². The quantitative estimate of drug-likeness (QED) is 0.865. The highest BCUT2D eigenvalue weighted by Gasteiger charge is 2.48. The van der Waals surface area contributed by atoms with Gasteiger partial charge in [-0.1, -0.05) is 12.8 Å². The van der Waals surface area contributed by atoms with Crippen molar-refractivity contribution >= 4 is 23.2 Å². The normalized spacial score (nSPS) is 16.7. The summed E-state index contributed by atoms with van der Waals surface area (Å²) in [7, 11) is 3.09. The van der Waals surface area contributed by atoms with Crippen molar-refractivity contribution in [1.29, 1.82) is 0 Å². The standard InChI is InChI=1S/C21H22N2O4/c1-26-15-9-13(10-16(12-15)27-2)19(24)22-14-5-6-18-17(11-14)21(20(25)23-18)7-3-4-8-21/h5-6,9-12H,3-4,7-8H2,1-2H3,(H,22,24)(H,23,25). The molecular formula is C21H22N2O4. The Morgan fingerprint density at radius 3 is 2.33 bits per heavy atom. The highest BCUT2D eigenvalue weighted by molar-refractivity contribution is 6.08. The van der Waals surface area contributed by atoms with E-state index in [0.717, 1.165) is 36.9 Å². The molecule has 6 heteroatoms. The second-order valence-corrected chi connectivity index (χ2v) is 7.06. The summed E-state index contributed by atoms with van der Waals surface area (Å²) in [6.45, 7) is 0. The lowest BCUT2D eigenvalue weighted by Gasteiger charge is -2.21. The Kier molecular flexibility index (Phi) is 4.26. The van der Waals surface area contributed by atoms with Gasteiger partial charge in [0.15, 0.2) is 0 Å². The van der Waals surface area contributed by atoms with Crippen LogP contribution in [0.15, 0.2) is 36.4 Å². The molecule has 1 spiro atoms. The number of ether oxygens (including phenoxy) is 2. The van der Waals surface area contributed by atoms with Crippen LogP contribution in [-0.4, -0.2) is 26.0 Å².